The van der Waals surface area contributed by atoms with Crippen molar-refractivity contribution in [1.82, 2.24) is 25.5 Å². The van der Waals surface area contributed by atoms with Gasteiger partial charge in [-0.25, -0.2) is 14.8 Å². The van der Waals surface area contributed by atoms with Gasteiger partial charge in [-0.05, 0) is 18.6 Å². The molecule has 4 amide bonds. The molecule has 1 atom stereocenters. The van der Waals surface area contributed by atoms with E-state index in [0.717, 1.165) is 16.7 Å². The van der Waals surface area contributed by atoms with Crippen molar-refractivity contribution in [3.05, 3.63) is 30.6 Å². The van der Waals surface area contributed by atoms with Gasteiger partial charge in [-0.3, -0.25) is 14.9 Å². The molecule has 2 aliphatic heterocycles. The van der Waals surface area contributed by atoms with Crippen molar-refractivity contribution in [2.45, 2.75) is 18.9 Å². The van der Waals surface area contributed by atoms with E-state index in [2.05, 4.69) is 25.5 Å². The summed E-state index contributed by atoms with van der Waals surface area (Å²) in [6, 6.07) is 6.76. The molecule has 0 spiro atoms. The third-order valence-electron chi connectivity index (χ3n) is 4.96. The first-order chi connectivity index (χ1) is 13.1. The van der Waals surface area contributed by atoms with Gasteiger partial charge < -0.3 is 15.1 Å². The molecule has 9 heteroatoms. The number of carbonyl (C=O) groups excluding carboxylic acids is 3. The first-order valence-electron chi connectivity index (χ1n) is 8.95. The van der Waals surface area contributed by atoms with Crippen molar-refractivity contribution >= 4 is 34.6 Å². The summed E-state index contributed by atoms with van der Waals surface area (Å²) in [7, 11) is 0. The van der Waals surface area contributed by atoms with Crippen molar-refractivity contribution in [3.63, 3.8) is 0 Å². The van der Waals surface area contributed by atoms with E-state index in [4.69, 9.17) is 0 Å². The highest BCUT2D eigenvalue weighted by molar-refractivity contribution is 6.04. The van der Waals surface area contributed by atoms with Crippen LogP contribution in [0.4, 0.5) is 10.6 Å². The molecule has 0 radical (unpaired) electrons. The Bertz CT molecular complexity index is 888. The number of imide groups is 1. The molecule has 140 valence electrons. The molecule has 2 fully saturated rings. The second-order valence-corrected chi connectivity index (χ2v) is 6.64. The van der Waals surface area contributed by atoms with Crippen LogP contribution in [0.1, 0.15) is 12.8 Å². The zero-order valence-corrected chi connectivity index (χ0v) is 14.7. The van der Waals surface area contributed by atoms with E-state index in [9.17, 15) is 14.4 Å². The predicted molar refractivity (Wildman–Crippen MR) is 98.0 cm³/mol. The largest absolute Gasteiger partial charge is 0.352 e. The smallest absolute Gasteiger partial charge is 0.322 e. The highest BCUT2D eigenvalue weighted by Gasteiger charge is 2.30. The number of urea groups is 1. The number of nitrogens with one attached hydrogen (secondary N) is 2. The van der Waals surface area contributed by atoms with Crippen LogP contribution < -0.4 is 15.5 Å². The van der Waals surface area contributed by atoms with E-state index < -0.39 is 12.1 Å². The van der Waals surface area contributed by atoms with Gasteiger partial charge in [0, 0.05) is 38.0 Å². The maximum absolute atomic E-state index is 12.4. The minimum absolute atomic E-state index is 0.00357. The Morgan fingerprint density at radius 1 is 1.11 bits per heavy atom. The van der Waals surface area contributed by atoms with E-state index in [1.54, 1.807) is 11.2 Å². The SMILES string of the molecule is O=C1NC(=O)[C@@H](CCC(=O)N2CCN(c3ncnc4ccccc34)CC2)N1. The number of fused-ring (bicyclic) bond motifs is 1. The third kappa shape index (κ3) is 3.53. The summed E-state index contributed by atoms with van der Waals surface area (Å²) in [6.07, 6.45) is 2.11. The van der Waals surface area contributed by atoms with Crippen LogP contribution in [0.5, 0.6) is 0 Å². The molecule has 9 nitrogen and oxygen atoms in total. The summed E-state index contributed by atoms with van der Waals surface area (Å²) < 4.78 is 0. The van der Waals surface area contributed by atoms with Gasteiger partial charge in [-0.1, -0.05) is 12.1 Å². The average Bonchev–Trinajstić information content (AvgIpc) is 3.03. The Labute approximate surface area is 155 Å². The van der Waals surface area contributed by atoms with Crippen LogP contribution >= 0.6 is 0 Å². The molecular weight excluding hydrogens is 348 g/mol. The van der Waals surface area contributed by atoms with Gasteiger partial charge in [0.25, 0.3) is 5.91 Å². The van der Waals surface area contributed by atoms with E-state index in [1.165, 1.54) is 0 Å². The molecule has 3 heterocycles. The molecule has 2 saturated heterocycles. The Morgan fingerprint density at radius 3 is 2.63 bits per heavy atom. The van der Waals surface area contributed by atoms with Crippen LogP contribution in [0, 0.1) is 0 Å². The minimum atomic E-state index is -0.616. The first-order valence-corrected chi connectivity index (χ1v) is 8.95. The van der Waals surface area contributed by atoms with Crippen molar-refractivity contribution in [1.29, 1.82) is 0 Å². The molecule has 2 N–H and O–H groups in total. The lowest BCUT2D eigenvalue weighted by Crippen LogP contribution is -2.49. The molecular formula is C18H20N6O3. The Hall–Kier alpha value is -3.23. The second kappa shape index (κ2) is 7.18. The van der Waals surface area contributed by atoms with E-state index in [0.29, 0.717) is 32.6 Å². The fourth-order valence-electron chi connectivity index (χ4n) is 3.50. The van der Waals surface area contributed by atoms with Crippen LogP contribution in [0.15, 0.2) is 30.6 Å². The molecule has 0 bridgehead atoms. The van der Waals surface area contributed by atoms with Crippen molar-refractivity contribution in [2.75, 3.05) is 31.1 Å². The van der Waals surface area contributed by atoms with E-state index in [1.807, 2.05) is 24.3 Å². The Balaban J connectivity index is 1.34. The zero-order valence-electron chi connectivity index (χ0n) is 14.7. The Kier molecular flexibility index (Phi) is 4.57. The number of nitrogens with zero attached hydrogens (tertiary/aromatic N) is 4. The topological polar surface area (TPSA) is 108 Å². The molecule has 0 unspecified atom stereocenters. The summed E-state index contributed by atoms with van der Waals surface area (Å²) in [5.41, 5.74) is 0.901. The molecule has 0 aliphatic carbocycles. The molecule has 4 rings (SSSR count). The van der Waals surface area contributed by atoms with Gasteiger partial charge in [-0.2, -0.15) is 0 Å². The number of carbonyl (C=O) groups is 3. The average molecular weight is 368 g/mol. The van der Waals surface area contributed by atoms with Crippen molar-refractivity contribution in [3.8, 4) is 0 Å². The van der Waals surface area contributed by atoms with Gasteiger partial charge in [0.05, 0.1) is 5.52 Å². The highest BCUT2D eigenvalue weighted by Crippen LogP contribution is 2.23. The lowest BCUT2D eigenvalue weighted by molar-refractivity contribution is -0.131. The summed E-state index contributed by atoms with van der Waals surface area (Å²) in [4.78, 5) is 47.8. The van der Waals surface area contributed by atoms with Crippen LogP contribution in [-0.4, -0.2) is 64.9 Å². The van der Waals surface area contributed by atoms with Crippen LogP contribution in [0.3, 0.4) is 0 Å². The summed E-state index contributed by atoms with van der Waals surface area (Å²) in [5, 5.41) is 5.69. The summed E-state index contributed by atoms with van der Waals surface area (Å²) in [5.74, 6) is 0.516. The summed E-state index contributed by atoms with van der Waals surface area (Å²) in [6.45, 7) is 2.57. The quantitative estimate of drug-likeness (QED) is 0.750. The number of anilines is 1. The normalized spacial score (nSPS) is 19.9. The highest BCUT2D eigenvalue weighted by atomic mass is 16.2. The number of aromatic nitrogens is 2. The van der Waals surface area contributed by atoms with Crippen LogP contribution in [0.25, 0.3) is 10.9 Å². The minimum Gasteiger partial charge on any atom is -0.352 e. The molecule has 27 heavy (non-hydrogen) atoms. The predicted octanol–water partition coefficient (Wildman–Crippen LogP) is 0.267. The second-order valence-electron chi connectivity index (χ2n) is 6.64. The molecule has 1 aromatic carbocycles. The first kappa shape index (κ1) is 17.2. The molecule has 0 saturated carbocycles. The third-order valence-corrected chi connectivity index (χ3v) is 4.96. The van der Waals surface area contributed by atoms with Crippen molar-refractivity contribution < 1.29 is 14.4 Å². The lowest BCUT2D eigenvalue weighted by atomic mass is 10.1. The fraction of sp³-hybridized carbons (Fsp3) is 0.389. The summed E-state index contributed by atoms with van der Waals surface area (Å²) >= 11 is 0. The van der Waals surface area contributed by atoms with Gasteiger partial charge in [0.2, 0.25) is 5.91 Å². The van der Waals surface area contributed by atoms with Crippen LogP contribution in [0.2, 0.25) is 0 Å². The molecule has 2 aromatic rings. The van der Waals surface area contributed by atoms with Gasteiger partial charge in [0.15, 0.2) is 0 Å². The van der Waals surface area contributed by atoms with E-state index >= 15 is 0 Å². The molecule has 1 aromatic heterocycles. The standard InChI is InChI=1S/C18H20N6O3/c25-15(6-5-14-17(26)22-18(27)21-14)23-7-9-24(10-8-23)16-12-3-1-2-4-13(12)19-11-20-16/h1-4,11,14H,5-10H2,(H2,21,22,26,27)/t14-/m1/s1. The number of rotatable bonds is 4. The zero-order chi connectivity index (χ0) is 18.8. The number of piperazine rings is 1. The van der Waals surface area contributed by atoms with Gasteiger partial charge in [-0.15, -0.1) is 0 Å². The number of hydrogen-bond donors (Lipinski definition) is 2. The number of benzene rings is 1. The lowest BCUT2D eigenvalue weighted by Gasteiger charge is -2.36. The monoisotopic (exact) mass is 368 g/mol. The van der Waals surface area contributed by atoms with E-state index in [-0.39, 0.29) is 18.2 Å². The Morgan fingerprint density at radius 2 is 1.89 bits per heavy atom. The van der Waals surface area contributed by atoms with Crippen molar-refractivity contribution in [2.24, 2.45) is 0 Å². The number of hydrogen-bond acceptors (Lipinski definition) is 6. The molecule has 2 aliphatic rings. The van der Waals surface area contributed by atoms with Crippen LogP contribution in [-0.2, 0) is 9.59 Å². The maximum Gasteiger partial charge on any atom is 0.322 e. The number of amides is 4. The van der Waals surface area contributed by atoms with Gasteiger partial charge >= 0.3 is 6.03 Å². The van der Waals surface area contributed by atoms with Gasteiger partial charge in [0.1, 0.15) is 18.2 Å². The maximum atomic E-state index is 12.4. The fourth-order valence-corrected chi connectivity index (χ4v) is 3.50. The number of para-hydroxylation sites is 1.